The first-order chi connectivity index (χ1) is 13.0. The van der Waals surface area contributed by atoms with Gasteiger partial charge in [-0.1, -0.05) is 56.0 Å². The molecule has 1 aromatic rings. The Bertz CT molecular complexity index is 595. The van der Waals surface area contributed by atoms with Gasteiger partial charge in [-0.25, -0.2) is 0 Å². The number of ketones is 1. The summed E-state index contributed by atoms with van der Waals surface area (Å²) in [5, 5.41) is 0. The largest absolute Gasteiger partial charge is 0.466 e. The maximum absolute atomic E-state index is 12.6. The number of nitrogens with zero attached hydrogens (tertiary/aromatic N) is 1. The first-order valence-electron chi connectivity index (χ1n) is 10.0. The minimum Gasteiger partial charge on any atom is -0.466 e. The summed E-state index contributed by atoms with van der Waals surface area (Å²) in [6, 6.07) is 7.39. The van der Waals surface area contributed by atoms with Crippen LogP contribution in [0.25, 0.3) is 0 Å². The summed E-state index contributed by atoms with van der Waals surface area (Å²) < 4.78 is 4.95. The molecule has 1 rings (SSSR count). The number of hydrogen-bond acceptors (Lipinski definition) is 4. The Morgan fingerprint density at radius 1 is 0.889 bits per heavy atom. The number of Topliss-reactive ketones (excluding diaryl/α,β-unsaturated/α-hetero) is 1. The van der Waals surface area contributed by atoms with E-state index in [0.717, 1.165) is 31.2 Å². The van der Waals surface area contributed by atoms with Crippen molar-refractivity contribution in [3.63, 3.8) is 0 Å². The number of carbonyl (C=O) groups is 3. The number of carbonyl (C=O) groups excluding carboxylic acids is 3. The van der Waals surface area contributed by atoms with Crippen LogP contribution in [0.1, 0.15) is 74.7 Å². The van der Waals surface area contributed by atoms with Gasteiger partial charge < -0.3 is 9.64 Å². The lowest BCUT2D eigenvalue weighted by Crippen LogP contribution is -2.34. The molecule has 0 saturated heterocycles. The molecule has 1 amide bonds. The number of rotatable bonds is 13. The predicted octanol–water partition coefficient (Wildman–Crippen LogP) is 4.32. The van der Waals surface area contributed by atoms with Crippen molar-refractivity contribution in [2.75, 3.05) is 19.7 Å². The zero-order valence-corrected chi connectivity index (χ0v) is 17.0. The molecule has 0 heterocycles. The van der Waals surface area contributed by atoms with Gasteiger partial charge in [0, 0.05) is 31.5 Å². The molecule has 0 aliphatic rings. The fraction of sp³-hybridized carbons (Fsp3) is 0.591. The van der Waals surface area contributed by atoms with Crippen molar-refractivity contribution in [2.24, 2.45) is 0 Å². The quantitative estimate of drug-likeness (QED) is 0.293. The van der Waals surface area contributed by atoms with Gasteiger partial charge >= 0.3 is 5.97 Å². The number of esters is 1. The Morgan fingerprint density at radius 3 is 2.22 bits per heavy atom. The Hall–Kier alpha value is -2.17. The highest BCUT2D eigenvalue weighted by Crippen LogP contribution is 2.10. The van der Waals surface area contributed by atoms with Crippen LogP contribution in [0.5, 0.6) is 0 Å². The number of aryl methyl sites for hydroxylation is 1. The summed E-state index contributed by atoms with van der Waals surface area (Å²) in [5.41, 5.74) is 1.73. The summed E-state index contributed by atoms with van der Waals surface area (Å²) in [6.07, 6.45) is 4.78. The molecule has 0 atom stereocenters. The van der Waals surface area contributed by atoms with Crippen LogP contribution in [-0.2, 0) is 14.3 Å². The molecule has 5 nitrogen and oxygen atoms in total. The second kappa shape index (κ2) is 13.1. The van der Waals surface area contributed by atoms with Crippen LogP contribution in [0.4, 0.5) is 0 Å². The third-order valence-electron chi connectivity index (χ3n) is 4.46. The molecule has 27 heavy (non-hydrogen) atoms. The molecular formula is C22H33NO4. The van der Waals surface area contributed by atoms with Gasteiger partial charge in [0.25, 0.3) is 0 Å². The first kappa shape index (κ1) is 22.9. The van der Waals surface area contributed by atoms with Crippen LogP contribution in [0.3, 0.4) is 0 Å². The van der Waals surface area contributed by atoms with Crippen LogP contribution in [0.2, 0.25) is 0 Å². The highest BCUT2D eigenvalue weighted by atomic mass is 16.5. The predicted molar refractivity (Wildman–Crippen MR) is 107 cm³/mol. The minimum absolute atomic E-state index is 0.0281. The van der Waals surface area contributed by atoms with E-state index in [0.29, 0.717) is 25.3 Å². The molecule has 0 aromatic heterocycles. The molecule has 1 aromatic carbocycles. The number of ether oxygens (including phenoxy) is 1. The van der Waals surface area contributed by atoms with Crippen molar-refractivity contribution in [1.82, 2.24) is 4.90 Å². The summed E-state index contributed by atoms with van der Waals surface area (Å²) in [4.78, 5) is 38.2. The van der Waals surface area contributed by atoms with Crippen molar-refractivity contribution in [3.8, 4) is 0 Å². The van der Waals surface area contributed by atoms with Gasteiger partial charge in [-0.3, -0.25) is 14.4 Å². The van der Waals surface area contributed by atoms with Crippen LogP contribution in [0, 0.1) is 6.92 Å². The lowest BCUT2D eigenvalue weighted by Gasteiger charge is -2.22. The molecular weight excluding hydrogens is 342 g/mol. The van der Waals surface area contributed by atoms with E-state index in [9.17, 15) is 14.4 Å². The van der Waals surface area contributed by atoms with Crippen molar-refractivity contribution in [1.29, 1.82) is 0 Å². The number of unbranched alkanes of at least 4 members (excludes halogenated alkanes) is 3. The standard InChI is InChI=1S/C22H33NO4/c1-4-6-7-8-16-23(17-15-22(26)27-5-2)21(25)14-13-20(24)19-11-9-18(3)10-12-19/h9-12H,4-8,13-17H2,1-3H3. The summed E-state index contributed by atoms with van der Waals surface area (Å²) in [7, 11) is 0. The summed E-state index contributed by atoms with van der Waals surface area (Å²) in [5.74, 6) is -0.393. The van der Waals surface area contributed by atoms with Crippen LogP contribution >= 0.6 is 0 Å². The molecule has 0 N–H and O–H groups in total. The molecule has 0 aliphatic carbocycles. The molecule has 0 radical (unpaired) electrons. The van der Waals surface area contributed by atoms with E-state index in [4.69, 9.17) is 4.74 Å². The minimum atomic E-state index is -0.292. The summed E-state index contributed by atoms with van der Waals surface area (Å²) in [6.45, 7) is 7.19. The summed E-state index contributed by atoms with van der Waals surface area (Å²) >= 11 is 0. The van der Waals surface area contributed by atoms with Gasteiger partial charge in [0.2, 0.25) is 5.91 Å². The van der Waals surface area contributed by atoms with Crippen molar-refractivity contribution >= 4 is 17.7 Å². The van der Waals surface area contributed by atoms with Gasteiger partial charge in [-0.2, -0.15) is 0 Å². The third kappa shape index (κ3) is 9.36. The van der Waals surface area contributed by atoms with Crippen molar-refractivity contribution in [3.05, 3.63) is 35.4 Å². The lowest BCUT2D eigenvalue weighted by atomic mass is 10.0. The van der Waals surface area contributed by atoms with Gasteiger partial charge in [-0.15, -0.1) is 0 Å². The molecule has 0 spiro atoms. The second-order valence-corrected chi connectivity index (χ2v) is 6.79. The Morgan fingerprint density at radius 2 is 1.59 bits per heavy atom. The lowest BCUT2D eigenvalue weighted by molar-refractivity contribution is -0.144. The van der Waals surface area contributed by atoms with E-state index < -0.39 is 0 Å². The van der Waals surface area contributed by atoms with Crippen molar-refractivity contribution < 1.29 is 19.1 Å². The average Bonchev–Trinajstić information content (AvgIpc) is 2.66. The smallest absolute Gasteiger partial charge is 0.307 e. The zero-order chi connectivity index (χ0) is 20.1. The molecule has 0 saturated carbocycles. The SMILES string of the molecule is CCCCCCN(CCC(=O)OCC)C(=O)CCC(=O)c1ccc(C)cc1. The van der Waals surface area contributed by atoms with E-state index in [-0.39, 0.29) is 36.9 Å². The van der Waals surface area contributed by atoms with E-state index in [1.807, 2.05) is 19.1 Å². The Labute approximate surface area is 163 Å². The van der Waals surface area contributed by atoms with Gasteiger partial charge in [0.15, 0.2) is 5.78 Å². The Kier molecular flexibility index (Phi) is 11.1. The number of benzene rings is 1. The van der Waals surface area contributed by atoms with Crippen LogP contribution in [0.15, 0.2) is 24.3 Å². The molecule has 0 unspecified atom stereocenters. The van der Waals surface area contributed by atoms with Gasteiger partial charge in [-0.05, 0) is 20.3 Å². The maximum atomic E-state index is 12.6. The molecule has 0 aliphatic heterocycles. The average molecular weight is 376 g/mol. The molecule has 5 heteroatoms. The number of hydrogen-bond donors (Lipinski definition) is 0. The van der Waals surface area contributed by atoms with Crippen molar-refractivity contribution in [2.45, 2.75) is 65.7 Å². The van der Waals surface area contributed by atoms with Crippen LogP contribution < -0.4 is 0 Å². The topological polar surface area (TPSA) is 63.7 Å². The zero-order valence-electron chi connectivity index (χ0n) is 17.0. The molecule has 0 fully saturated rings. The third-order valence-corrected chi connectivity index (χ3v) is 4.46. The monoisotopic (exact) mass is 375 g/mol. The maximum Gasteiger partial charge on any atom is 0.307 e. The molecule has 150 valence electrons. The highest BCUT2D eigenvalue weighted by molar-refractivity contribution is 5.98. The normalized spacial score (nSPS) is 10.5. The van der Waals surface area contributed by atoms with Gasteiger partial charge in [0.05, 0.1) is 13.0 Å². The fourth-order valence-electron chi connectivity index (χ4n) is 2.81. The fourth-order valence-corrected chi connectivity index (χ4v) is 2.81. The van der Waals surface area contributed by atoms with E-state index in [2.05, 4.69) is 6.92 Å². The van der Waals surface area contributed by atoms with E-state index in [1.165, 1.54) is 0 Å². The molecule has 0 bridgehead atoms. The first-order valence-corrected chi connectivity index (χ1v) is 10.0. The highest BCUT2D eigenvalue weighted by Gasteiger charge is 2.17. The second-order valence-electron chi connectivity index (χ2n) is 6.79. The van der Waals surface area contributed by atoms with Gasteiger partial charge in [0.1, 0.15) is 0 Å². The Balaban J connectivity index is 2.55. The number of amides is 1. The van der Waals surface area contributed by atoms with Crippen LogP contribution in [-0.4, -0.2) is 42.3 Å². The van der Waals surface area contributed by atoms with E-state index >= 15 is 0 Å². The van der Waals surface area contributed by atoms with E-state index in [1.54, 1.807) is 24.0 Å².